The maximum absolute atomic E-state index is 13.5. The van der Waals surface area contributed by atoms with E-state index in [9.17, 15) is 4.39 Å². The van der Waals surface area contributed by atoms with E-state index in [1.807, 2.05) is 6.07 Å². The van der Waals surface area contributed by atoms with Gasteiger partial charge in [-0.05, 0) is 25.0 Å². The van der Waals surface area contributed by atoms with Crippen LogP contribution in [0.15, 0.2) is 30.5 Å². The van der Waals surface area contributed by atoms with Gasteiger partial charge in [0, 0.05) is 11.6 Å². The number of benzene rings is 1. The highest BCUT2D eigenvalue weighted by molar-refractivity contribution is 5.59. The standard InChI is InChI=1S/C13H14FN3/c14-11-4-2-1-3-10(11)12-7-16-13(17-12)8-15-9-5-6-9/h1-4,7,9,15H,5-6,8H2,(H,16,17). The molecule has 4 heteroatoms. The molecule has 1 aromatic heterocycles. The van der Waals surface area contributed by atoms with Crippen molar-refractivity contribution in [1.29, 1.82) is 0 Å². The molecule has 0 bridgehead atoms. The van der Waals surface area contributed by atoms with Gasteiger partial charge in [-0.2, -0.15) is 0 Å². The van der Waals surface area contributed by atoms with Crippen LogP contribution in [-0.4, -0.2) is 16.0 Å². The molecular formula is C13H14FN3. The molecule has 0 unspecified atom stereocenters. The maximum atomic E-state index is 13.5. The van der Waals surface area contributed by atoms with E-state index in [0.717, 1.165) is 18.1 Å². The van der Waals surface area contributed by atoms with E-state index in [1.54, 1.807) is 18.3 Å². The van der Waals surface area contributed by atoms with Crippen molar-refractivity contribution in [2.45, 2.75) is 25.4 Å². The lowest BCUT2D eigenvalue weighted by Crippen LogP contribution is -2.16. The summed E-state index contributed by atoms with van der Waals surface area (Å²) < 4.78 is 13.5. The van der Waals surface area contributed by atoms with Crippen LogP contribution in [0.1, 0.15) is 18.7 Å². The van der Waals surface area contributed by atoms with Gasteiger partial charge in [0.15, 0.2) is 0 Å². The maximum Gasteiger partial charge on any atom is 0.132 e. The van der Waals surface area contributed by atoms with E-state index in [-0.39, 0.29) is 5.82 Å². The number of imidazole rings is 1. The summed E-state index contributed by atoms with van der Waals surface area (Å²) in [5.41, 5.74) is 1.30. The third kappa shape index (κ3) is 2.36. The minimum atomic E-state index is -0.224. The summed E-state index contributed by atoms with van der Waals surface area (Å²) >= 11 is 0. The van der Waals surface area contributed by atoms with Crippen LogP contribution in [-0.2, 0) is 6.54 Å². The zero-order chi connectivity index (χ0) is 11.7. The second-order valence-electron chi connectivity index (χ2n) is 4.38. The fourth-order valence-electron chi connectivity index (χ4n) is 1.80. The Morgan fingerprint density at radius 3 is 2.94 bits per heavy atom. The van der Waals surface area contributed by atoms with E-state index in [1.165, 1.54) is 18.9 Å². The van der Waals surface area contributed by atoms with Crippen molar-refractivity contribution in [1.82, 2.24) is 15.3 Å². The molecule has 1 saturated carbocycles. The van der Waals surface area contributed by atoms with E-state index < -0.39 is 0 Å². The van der Waals surface area contributed by atoms with Crippen LogP contribution in [0.25, 0.3) is 11.3 Å². The number of hydrogen-bond donors (Lipinski definition) is 2. The summed E-state index contributed by atoms with van der Waals surface area (Å²) in [6.07, 6.45) is 4.18. The molecule has 0 amide bonds. The Morgan fingerprint density at radius 1 is 1.35 bits per heavy atom. The van der Waals surface area contributed by atoms with E-state index in [2.05, 4.69) is 15.3 Å². The first-order valence-corrected chi connectivity index (χ1v) is 5.85. The molecule has 0 spiro atoms. The average molecular weight is 231 g/mol. The molecule has 1 fully saturated rings. The number of nitrogens with zero attached hydrogens (tertiary/aromatic N) is 1. The number of aromatic amines is 1. The summed E-state index contributed by atoms with van der Waals surface area (Å²) in [6, 6.07) is 7.36. The molecule has 2 N–H and O–H groups in total. The molecule has 0 aliphatic heterocycles. The molecule has 17 heavy (non-hydrogen) atoms. The van der Waals surface area contributed by atoms with Crippen LogP contribution in [0.2, 0.25) is 0 Å². The average Bonchev–Trinajstić information content (AvgIpc) is 3.06. The van der Waals surface area contributed by atoms with Gasteiger partial charge >= 0.3 is 0 Å². The highest BCUT2D eigenvalue weighted by atomic mass is 19.1. The van der Waals surface area contributed by atoms with Gasteiger partial charge in [-0.3, -0.25) is 0 Å². The Labute approximate surface area is 99.1 Å². The highest BCUT2D eigenvalue weighted by Crippen LogP contribution is 2.21. The van der Waals surface area contributed by atoms with Gasteiger partial charge in [-0.25, -0.2) is 9.37 Å². The summed E-state index contributed by atoms with van der Waals surface area (Å²) in [7, 11) is 0. The predicted octanol–water partition coefficient (Wildman–Crippen LogP) is 2.47. The SMILES string of the molecule is Fc1ccccc1-c1cnc(CNC2CC2)[nH]1. The molecule has 1 aliphatic carbocycles. The summed E-state index contributed by atoms with van der Waals surface area (Å²) in [4.78, 5) is 7.39. The Kier molecular flexibility index (Phi) is 2.65. The molecule has 1 heterocycles. The molecule has 88 valence electrons. The number of nitrogens with one attached hydrogen (secondary N) is 2. The molecular weight excluding hydrogens is 217 g/mol. The van der Waals surface area contributed by atoms with Crippen molar-refractivity contribution in [3.63, 3.8) is 0 Å². The molecule has 2 aromatic rings. The van der Waals surface area contributed by atoms with Crippen LogP contribution in [0, 0.1) is 5.82 Å². The van der Waals surface area contributed by atoms with Crippen molar-refractivity contribution in [3.8, 4) is 11.3 Å². The fraction of sp³-hybridized carbons (Fsp3) is 0.308. The molecule has 1 aromatic carbocycles. The lowest BCUT2D eigenvalue weighted by molar-refractivity contribution is 0.630. The normalized spacial score (nSPS) is 15.1. The van der Waals surface area contributed by atoms with Crippen LogP contribution in [0.5, 0.6) is 0 Å². The largest absolute Gasteiger partial charge is 0.341 e. The van der Waals surface area contributed by atoms with E-state index in [0.29, 0.717) is 11.6 Å². The predicted molar refractivity (Wildman–Crippen MR) is 63.8 cm³/mol. The van der Waals surface area contributed by atoms with Gasteiger partial charge in [0.2, 0.25) is 0 Å². The van der Waals surface area contributed by atoms with Gasteiger partial charge in [-0.15, -0.1) is 0 Å². The quantitative estimate of drug-likeness (QED) is 0.848. The summed E-state index contributed by atoms with van der Waals surface area (Å²) in [5.74, 6) is 0.632. The first-order valence-electron chi connectivity index (χ1n) is 5.85. The van der Waals surface area contributed by atoms with Crippen molar-refractivity contribution >= 4 is 0 Å². The van der Waals surface area contributed by atoms with Crippen LogP contribution < -0.4 is 5.32 Å². The fourth-order valence-corrected chi connectivity index (χ4v) is 1.80. The Balaban J connectivity index is 1.77. The number of halogens is 1. The monoisotopic (exact) mass is 231 g/mol. The van der Waals surface area contributed by atoms with Crippen LogP contribution >= 0.6 is 0 Å². The number of aromatic nitrogens is 2. The first-order chi connectivity index (χ1) is 8.33. The van der Waals surface area contributed by atoms with Crippen molar-refractivity contribution in [3.05, 3.63) is 42.1 Å². The molecule has 3 rings (SSSR count). The molecule has 0 radical (unpaired) electrons. The molecule has 0 saturated heterocycles. The van der Waals surface area contributed by atoms with Gasteiger partial charge in [0.25, 0.3) is 0 Å². The summed E-state index contributed by atoms with van der Waals surface area (Å²) in [5, 5.41) is 3.36. The summed E-state index contributed by atoms with van der Waals surface area (Å²) in [6.45, 7) is 0.721. The Morgan fingerprint density at radius 2 is 2.18 bits per heavy atom. The number of rotatable bonds is 4. The van der Waals surface area contributed by atoms with Gasteiger partial charge in [0.1, 0.15) is 11.6 Å². The zero-order valence-corrected chi connectivity index (χ0v) is 9.41. The Hall–Kier alpha value is -1.68. The third-order valence-corrected chi connectivity index (χ3v) is 2.93. The van der Waals surface area contributed by atoms with Crippen molar-refractivity contribution in [2.24, 2.45) is 0 Å². The smallest absolute Gasteiger partial charge is 0.132 e. The first kappa shape index (κ1) is 10.5. The van der Waals surface area contributed by atoms with E-state index in [4.69, 9.17) is 0 Å². The Bertz CT molecular complexity index is 517. The second kappa shape index (κ2) is 4.30. The molecule has 1 aliphatic rings. The van der Waals surface area contributed by atoms with Gasteiger partial charge in [-0.1, -0.05) is 12.1 Å². The van der Waals surface area contributed by atoms with Crippen molar-refractivity contribution < 1.29 is 4.39 Å². The third-order valence-electron chi connectivity index (χ3n) is 2.93. The van der Waals surface area contributed by atoms with Gasteiger partial charge in [0.05, 0.1) is 18.4 Å². The lowest BCUT2D eigenvalue weighted by Gasteiger charge is -2.00. The van der Waals surface area contributed by atoms with E-state index >= 15 is 0 Å². The highest BCUT2D eigenvalue weighted by Gasteiger charge is 2.20. The minimum Gasteiger partial charge on any atom is -0.341 e. The number of H-pyrrole nitrogens is 1. The van der Waals surface area contributed by atoms with Crippen LogP contribution in [0.3, 0.4) is 0 Å². The van der Waals surface area contributed by atoms with Crippen LogP contribution in [0.4, 0.5) is 4.39 Å². The lowest BCUT2D eigenvalue weighted by atomic mass is 10.1. The topological polar surface area (TPSA) is 40.7 Å². The second-order valence-corrected chi connectivity index (χ2v) is 4.38. The molecule has 0 atom stereocenters. The van der Waals surface area contributed by atoms with Gasteiger partial charge < -0.3 is 10.3 Å². The minimum absolute atomic E-state index is 0.224. The number of hydrogen-bond acceptors (Lipinski definition) is 2. The molecule has 3 nitrogen and oxygen atoms in total. The van der Waals surface area contributed by atoms with Crippen molar-refractivity contribution in [2.75, 3.05) is 0 Å². The zero-order valence-electron chi connectivity index (χ0n) is 9.41.